The van der Waals surface area contributed by atoms with Crippen LogP contribution in [0.25, 0.3) is 22.3 Å². The van der Waals surface area contributed by atoms with Gasteiger partial charge in [0, 0.05) is 18.0 Å². The molecule has 1 heterocycles. The van der Waals surface area contributed by atoms with Crippen LogP contribution in [0, 0.1) is 5.82 Å². The van der Waals surface area contributed by atoms with Crippen LogP contribution in [-0.4, -0.2) is 23.2 Å². The van der Waals surface area contributed by atoms with E-state index < -0.39 is 11.8 Å². The highest BCUT2D eigenvalue weighted by atomic mass is 19.1. The van der Waals surface area contributed by atoms with Crippen LogP contribution in [0.1, 0.15) is 10.4 Å². The third-order valence-corrected chi connectivity index (χ3v) is 3.72. The van der Waals surface area contributed by atoms with Crippen LogP contribution in [0.3, 0.4) is 0 Å². The van der Waals surface area contributed by atoms with Crippen LogP contribution >= 0.6 is 0 Å². The Morgan fingerprint density at radius 2 is 1.71 bits per heavy atom. The van der Waals surface area contributed by atoms with Gasteiger partial charge in [0.15, 0.2) is 0 Å². The summed E-state index contributed by atoms with van der Waals surface area (Å²) >= 11 is 0. The minimum absolute atomic E-state index is 0.358. The first-order valence-electron chi connectivity index (χ1n) is 7.22. The highest BCUT2D eigenvalue weighted by Crippen LogP contribution is 2.34. The van der Waals surface area contributed by atoms with E-state index in [2.05, 4.69) is 4.98 Å². The highest BCUT2D eigenvalue weighted by molar-refractivity contribution is 5.89. The van der Waals surface area contributed by atoms with Crippen molar-refractivity contribution in [3.05, 3.63) is 72.3 Å². The molecule has 0 saturated heterocycles. The van der Waals surface area contributed by atoms with Crippen molar-refractivity contribution >= 4 is 5.97 Å². The molecule has 0 spiro atoms. The number of benzene rings is 2. The number of pyridine rings is 1. The molecule has 0 aliphatic rings. The van der Waals surface area contributed by atoms with Gasteiger partial charge in [-0.15, -0.1) is 0 Å². The van der Waals surface area contributed by atoms with Gasteiger partial charge in [-0.25, -0.2) is 9.18 Å². The number of nitrogens with zero attached hydrogens (tertiary/aromatic N) is 1. The molecular formula is C19H14FNO3. The van der Waals surface area contributed by atoms with E-state index in [1.165, 1.54) is 19.2 Å². The maximum Gasteiger partial charge on any atom is 0.338 e. The normalized spacial score (nSPS) is 10.4. The van der Waals surface area contributed by atoms with Crippen molar-refractivity contribution in [1.29, 1.82) is 0 Å². The largest absolute Gasteiger partial charge is 0.496 e. The number of ether oxygens (including phenoxy) is 1. The minimum Gasteiger partial charge on any atom is -0.496 e. The number of hydrogen-bond donors (Lipinski definition) is 1. The Bertz CT molecular complexity index is 894. The number of methoxy groups -OCH3 is 1. The molecule has 120 valence electrons. The predicted octanol–water partition coefficient (Wildman–Crippen LogP) is 4.26. The van der Waals surface area contributed by atoms with Gasteiger partial charge in [-0.2, -0.15) is 0 Å². The van der Waals surface area contributed by atoms with Gasteiger partial charge in [0.25, 0.3) is 0 Å². The van der Waals surface area contributed by atoms with E-state index in [0.717, 1.165) is 11.1 Å². The number of halogens is 1. The Kier molecular flexibility index (Phi) is 4.24. The Hall–Kier alpha value is -3.21. The molecule has 0 aliphatic carbocycles. The summed E-state index contributed by atoms with van der Waals surface area (Å²) in [5.41, 5.74) is 2.77. The van der Waals surface area contributed by atoms with Gasteiger partial charge >= 0.3 is 5.97 Å². The highest BCUT2D eigenvalue weighted by Gasteiger charge is 2.14. The van der Waals surface area contributed by atoms with Gasteiger partial charge in [-0.1, -0.05) is 12.1 Å². The van der Waals surface area contributed by atoms with Crippen LogP contribution in [0.2, 0.25) is 0 Å². The van der Waals surface area contributed by atoms with Crippen molar-refractivity contribution in [3.8, 4) is 28.0 Å². The number of aromatic carboxylic acids is 1. The second-order valence-corrected chi connectivity index (χ2v) is 5.15. The van der Waals surface area contributed by atoms with E-state index in [1.807, 2.05) is 24.3 Å². The molecule has 0 amide bonds. The maximum atomic E-state index is 14.0. The monoisotopic (exact) mass is 323 g/mol. The number of hydrogen-bond acceptors (Lipinski definition) is 3. The molecule has 1 N–H and O–H groups in total. The lowest BCUT2D eigenvalue weighted by atomic mass is 9.97. The lowest BCUT2D eigenvalue weighted by molar-refractivity contribution is 0.0692. The molecule has 2 aromatic carbocycles. The van der Waals surface area contributed by atoms with E-state index in [-0.39, 0.29) is 5.56 Å². The molecule has 3 aromatic rings. The summed E-state index contributed by atoms with van der Waals surface area (Å²) in [6, 6.07) is 13.4. The molecule has 1 aromatic heterocycles. The van der Waals surface area contributed by atoms with E-state index in [1.54, 1.807) is 24.5 Å². The van der Waals surface area contributed by atoms with Crippen molar-refractivity contribution in [2.24, 2.45) is 0 Å². The van der Waals surface area contributed by atoms with Gasteiger partial charge in [0.05, 0.1) is 12.7 Å². The fourth-order valence-corrected chi connectivity index (χ4v) is 2.51. The second kappa shape index (κ2) is 6.50. The summed E-state index contributed by atoms with van der Waals surface area (Å²) in [7, 11) is 1.53. The molecule has 4 nitrogen and oxygen atoms in total. The van der Waals surface area contributed by atoms with Crippen LogP contribution in [0.15, 0.2) is 60.9 Å². The zero-order valence-corrected chi connectivity index (χ0v) is 12.9. The van der Waals surface area contributed by atoms with Crippen molar-refractivity contribution in [2.45, 2.75) is 0 Å². The zero-order chi connectivity index (χ0) is 17.1. The number of rotatable bonds is 4. The number of carboxylic acids is 1. The molecule has 24 heavy (non-hydrogen) atoms. The number of carboxylic acid groups (broad SMARTS) is 1. The summed E-state index contributed by atoms with van der Waals surface area (Å²) in [6.07, 6.45) is 3.39. The third kappa shape index (κ3) is 2.96. The van der Waals surface area contributed by atoms with Crippen molar-refractivity contribution in [1.82, 2.24) is 4.98 Å². The van der Waals surface area contributed by atoms with Crippen LogP contribution in [0.5, 0.6) is 5.75 Å². The number of aromatic nitrogens is 1. The summed E-state index contributed by atoms with van der Waals surface area (Å²) in [4.78, 5) is 15.0. The lowest BCUT2D eigenvalue weighted by Gasteiger charge is -2.12. The molecule has 5 heteroatoms. The van der Waals surface area contributed by atoms with Gasteiger partial charge < -0.3 is 9.84 Å². The van der Waals surface area contributed by atoms with E-state index >= 15 is 0 Å². The molecule has 0 unspecified atom stereocenters. The van der Waals surface area contributed by atoms with Crippen molar-refractivity contribution in [3.63, 3.8) is 0 Å². The molecule has 0 saturated carbocycles. The third-order valence-electron chi connectivity index (χ3n) is 3.72. The average Bonchev–Trinajstić information content (AvgIpc) is 2.61. The SMILES string of the molecule is COc1ccc(-c2ccncc2)cc1-c1ccc(C(=O)O)c(F)c1. The predicted molar refractivity (Wildman–Crippen MR) is 88.6 cm³/mol. The summed E-state index contributed by atoms with van der Waals surface area (Å²) in [5.74, 6) is -1.50. The molecule has 0 fully saturated rings. The smallest absolute Gasteiger partial charge is 0.338 e. The maximum absolute atomic E-state index is 14.0. The first-order chi connectivity index (χ1) is 11.6. The standard InChI is InChI=1S/C19H14FNO3/c1-24-18-5-3-13(12-6-8-21-9-7-12)10-16(18)14-2-4-15(19(22)23)17(20)11-14/h2-11H,1H3,(H,22,23). The van der Waals surface area contributed by atoms with E-state index in [0.29, 0.717) is 16.9 Å². The molecule has 3 rings (SSSR count). The first-order valence-corrected chi connectivity index (χ1v) is 7.22. The van der Waals surface area contributed by atoms with Gasteiger partial charge in [0.1, 0.15) is 11.6 Å². The fraction of sp³-hybridized carbons (Fsp3) is 0.0526. The molecular weight excluding hydrogens is 309 g/mol. The van der Waals surface area contributed by atoms with Crippen molar-refractivity contribution < 1.29 is 19.0 Å². The van der Waals surface area contributed by atoms with Gasteiger partial charge in [-0.05, 0) is 53.1 Å². The topological polar surface area (TPSA) is 59.4 Å². The molecule has 0 aliphatic heterocycles. The average molecular weight is 323 g/mol. The quantitative estimate of drug-likeness (QED) is 0.779. The fourth-order valence-electron chi connectivity index (χ4n) is 2.51. The van der Waals surface area contributed by atoms with Crippen LogP contribution in [-0.2, 0) is 0 Å². The Labute approximate surface area is 138 Å². The summed E-state index contributed by atoms with van der Waals surface area (Å²) in [6.45, 7) is 0. The number of carbonyl (C=O) groups is 1. The molecule has 0 bridgehead atoms. The zero-order valence-electron chi connectivity index (χ0n) is 12.9. The van der Waals surface area contributed by atoms with Crippen molar-refractivity contribution in [2.75, 3.05) is 7.11 Å². The van der Waals surface area contributed by atoms with Gasteiger partial charge in [0.2, 0.25) is 0 Å². The molecule has 0 radical (unpaired) electrons. The van der Waals surface area contributed by atoms with Crippen LogP contribution in [0.4, 0.5) is 4.39 Å². The lowest BCUT2D eigenvalue weighted by Crippen LogP contribution is -2.00. The molecule has 0 atom stereocenters. The van der Waals surface area contributed by atoms with Gasteiger partial charge in [-0.3, -0.25) is 4.98 Å². The summed E-state index contributed by atoms with van der Waals surface area (Å²) in [5, 5.41) is 8.95. The first kappa shape index (κ1) is 15.7. The minimum atomic E-state index is -1.29. The Morgan fingerprint density at radius 3 is 2.33 bits per heavy atom. The van der Waals surface area contributed by atoms with E-state index in [4.69, 9.17) is 9.84 Å². The van der Waals surface area contributed by atoms with Crippen LogP contribution < -0.4 is 4.74 Å². The van der Waals surface area contributed by atoms with E-state index in [9.17, 15) is 9.18 Å². The second-order valence-electron chi connectivity index (χ2n) is 5.15. The summed E-state index contributed by atoms with van der Waals surface area (Å²) < 4.78 is 19.4. The Morgan fingerprint density at radius 1 is 1.00 bits per heavy atom. The Balaban J connectivity index is 2.12.